The van der Waals surface area contributed by atoms with Crippen molar-refractivity contribution in [2.45, 2.75) is 18.9 Å². The van der Waals surface area contributed by atoms with Crippen molar-refractivity contribution in [2.75, 3.05) is 6.67 Å². The molecule has 0 amide bonds. The average molecular weight is 295 g/mol. The Morgan fingerprint density at radius 1 is 1.15 bits per heavy atom. The molecule has 0 saturated carbocycles. The van der Waals surface area contributed by atoms with Gasteiger partial charge in [0.1, 0.15) is 11.5 Å². The summed E-state index contributed by atoms with van der Waals surface area (Å²) in [4.78, 5) is 0. The highest BCUT2D eigenvalue weighted by molar-refractivity contribution is 6.32. The Hall–Kier alpha value is -1.58. The van der Waals surface area contributed by atoms with E-state index in [2.05, 4.69) is 0 Å². The van der Waals surface area contributed by atoms with E-state index < -0.39 is 12.3 Å². The SMILES string of the molecule is CC(O)(CCF)c1ccc(Oc2ccccc2Cl)cc1. The van der Waals surface area contributed by atoms with Gasteiger partial charge in [-0.05, 0) is 36.8 Å². The molecule has 0 bridgehead atoms. The van der Waals surface area contributed by atoms with Crippen molar-refractivity contribution >= 4 is 11.6 Å². The number of rotatable bonds is 5. The van der Waals surface area contributed by atoms with Crippen LogP contribution < -0.4 is 4.74 Å². The first kappa shape index (κ1) is 14.8. The van der Waals surface area contributed by atoms with Crippen molar-refractivity contribution < 1.29 is 14.2 Å². The smallest absolute Gasteiger partial charge is 0.146 e. The number of benzene rings is 2. The van der Waals surface area contributed by atoms with Crippen molar-refractivity contribution in [1.29, 1.82) is 0 Å². The second-order valence-corrected chi connectivity index (χ2v) is 5.18. The fourth-order valence-electron chi connectivity index (χ4n) is 1.86. The molecule has 0 aliphatic carbocycles. The first-order valence-electron chi connectivity index (χ1n) is 6.34. The van der Waals surface area contributed by atoms with Crippen LogP contribution in [0.5, 0.6) is 11.5 Å². The third-order valence-electron chi connectivity index (χ3n) is 3.12. The number of aliphatic hydroxyl groups is 1. The molecule has 1 N–H and O–H groups in total. The lowest BCUT2D eigenvalue weighted by Crippen LogP contribution is -2.21. The Morgan fingerprint density at radius 3 is 2.40 bits per heavy atom. The second-order valence-electron chi connectivity index (χ2n) is 4.77. The molecule has 0 aliphatic rings. The van der Waals surface area contributed by atoms with E-state index in [1.807, 2.05) is 12.1 Å². The highest BCUT2D eigenvalue weighted by Gasteiger charge is 2.22. The minimum atomic E-state index is -1.17. The molecule has 2 rings (SSSR count). The van der Waals surface area contributed by atoms with Crippen LogP contribution in [0.3, 0.4) is 0 Å². The first-order valence-corrected chi connectivity index (χ1v) is 6.72. The predicted molar refractivity (Wildman–Crippen MR) is 78.1 cm³/mol. The van der Waals surface area contributed by atoms with Crippen LogP contribution in [0, 0.1) is 0 Å². The molecular weight excluding hydrogens is 279 g/mol. The van der Waals surface area contributed by atoms with Crippen LogP contribution in [0.15, 0.2) is 48.5 Å². The Bertz CT molecular complexity index is 567. The number of alkyl halides is 1. The highest BCUT2D eigenvalue weighted by atomic mass is 35.5. The summed E-state index contributed by atoms with van der Waals surface area (Å²) in [5.41, 5.74) is -0.515. The van der Waals surface area contributed by atoms with Crippen LogP contribution in [-0.2, 0) is 5.60 Å². The van der Waals surface area contributed by atoms with E-state index in [0.29, 0.717) is 22.1 Å². The summed E-state index contributed by atoms with van der Waals surface area (Å²) in [6.07, 6.45) is 0.0672. The number of hydrogen-bond donors (Lipinski definition) is 1. The van der Waals surface area contributed by atoms with E-state index in [-0.39, 0.29) is 6.42 Å². The molecule has 4 heteroatoms. The van der Waals surface area contributed by atoms with Gasteiger partial charge in [-0.25, -0.2) is 0 Å². The van der Waals surface area contributed by atoms with E-state index in [1.54, 1.807) is 43.3 Å². The maximum atomic E-state index is 12.4. The van der Waals surface area contributed by atoms with Crippen LogP contribution in [0.25, 0.3) is 0 Å². The Morgan fingerprint density at radius 2 is 1.80 bits per heavy atom. The lowest BCUT2D eigenvalue weighted by Gasteiger charge is -2.22. The largest absolute Gasteiger partial charge is 0.456 e. The van der Waals surface area contributed by atoms with E-state index in [4.69, 9.17) is 16.3 Å². The predicted octanol–water partition coefficient (Wildman–Crippen LogP) is 4.70. The van der Waals surface area contributed by atoms with Crippen molar-refractivity contribution in [3.63, 3.8) is 0 Å². The Balaban J connectivity index is 2.15. The van der Waals surface area contributed by atoms with Gasteiger partial charge in [-0.1, -0.05) is 35.9 Å². The molecule has 0 aliphatic heterocycles. The van der Waals surface area contributed by atoms with Gasteiger partial charge in [0.25, 0.3) is 0 Å². The summed E-state index contributed by atoms with van der Waals surface area (Å²) in [6, 6.07) is 14.1. The monoisotopic (exact) mass is 294 g/mol. The molecule has 1 unspecified atom stereocenters. The molecule has 106 valence electrons. The summed E-state index contributed by atoms with van der Waals surface area (Å²) >= 11 is 6.01. The van der Waals surface area contributed by atoms with Gasteiger partial charge in [-0.15, -0.1) is 0 Å². The van der Waals surface area contributed by atoms with Crippen LogP contribution in [0.4, 0.5) is 4.39 Å². The van der Waals surface area contributed by atoms with Crippen molar-refractivity contribution in [3.05, 3.63) is 59.1 Å². The fraction of sp³-hybridized carbons (Fsp3) is 0.250. The maximum absolute atomic E-state index is 12.4. The fourth-order valence-corrected chi connectivity index (χ4v) is 2.04. The van der Waals surface area contributed by atoms with Gasteiger partial charge in [0.15, 0.2) is 0 Å². The maximum Gasteiger partial charge on any atom is 0.146 e. The van der Waals surface area contributed by atoms with Gasteiger partial charge < -0.3 is 9.84 Å². The molecular formula is C16H16ClFO2. The Labute approximate surface area is 122 Å². The standard InChI is InChI=1S/C16H16ClFO2/c1-16(19,10-11-18)12-6-8-13(9-7-12)20-15-5-3-2-4-14(15)17/h2-9,19H,10-11H2,1H3. The van der Waals surface area contributed by atoms with Crippen LogP contribution >= 0.6 is 11.6 Å². The summed E-state index contributed by atoms with van der Waals surface area (Å²) in [5, 5.41) is 10.6. The highest BCUT2D eigenvalue weighted by Crippen LogP contribution is 2.31. The van der Waals surface area contributed by atoms with E-state index in [0.717, 1.165) is 0 Å². The number of hydrogen-bond acceptors (Lipinski definition) is 2. The van der Waals surface area contributed by atoms with Gasteiger partial charge in [0.05, 0.1) is 17.3 Å². The van der Waals surface area contributed by atoms with Crippen molar-refractivity contribution in [3.8, 4) is 11.5 Å². The topological polar surface area (TPSA) is 29.5 Å². The van der Waals surface area contributed by atoms with Gasteiger partial charge in [-0.3, -0.25) is 4.39 Å². The molecule has 1 atom stereocenters. The van der Waals surface area contributed by atoms with Gasteiger partial charge >= 0.3 is 0 Å². The normalized spacial score (nSPS) is 13.8. The van der Waals surface area contributed by atoms with E-state index >= 15 is 0 Å². The van der Waals surface area contributed by atoms with Gasteiger partial charge in [0.2, 0.25) is 0 Å². The number of ether oxygens (including phenoxy) is 1. The van der Waals surface area contributed by atoms with Gasteiger partial charge in [-0.2, -0.15) is 0 Å². The van der Waals surface area contributed by atoms with E-state index in [9.17, 15) is 9.50 Å². The molecule has 0 spiro atoms. The average Bonchev–Trinajstić information content (AvgIpc) is 2.42. The zero-order chi connectivity index (χ0) is 14.6. The number of halogens is 2. The summed E-state index contributed by atoms with van der Waals surface area (Å²) in [7, 11) is 0. The third-order valence-corrected chi connectivity index (χ3v) is 3.43. The molecule has 20 heavy (non-hydrogen) atoms. The molecule has 0 saturated heterocycles. The molecule has 0 radical (unpaired) electrons. The molecule has 0 fully saturated rings. The minimum absolute atomic E-state index is 0.0672. The molecule has 2 aromatic rings. The first-order chi connectivity index (χ1) is 9.53. The summed E-state index contributed by atoms with van der Waals surface area (Å²) in [6.45, 7) is 1.03. The van der Waals surface area contributed by atoms with Crippen LogP contribution in [0.2, 0.25) is 5.02 Å². The summed E-state index contributed by atoms with van der Waals surface area (Å²) < 4.78 is 18.0. The summed E-state index contributed by atoms with van der Waals surface area (Å²) in [5.74, 6) is 1.18. The van der Waals surface area contributed by atoms with Crippen LogP contribution in [-0.4, -0.2) is 11.8 Å². The zero-order valence-electron chi connectivity index (χ0n) is 11.1. The van der Waals surface area contributed by atoms with Gasteiger partial charge in [0, 0.05) is 6.42 Å². The molecule has 2 nitrogen and oxygen atoms in total. The number of para-hydroxylation sites is 1. The zero-order valence-corrected chi connectivity index (χ0v) is 11.9. The second kappa shape index (κ2) is 6.25. The molecule has 2 aromatic carbocycles. The van der Waals surface area contributed by atoms with Crippen molar-refractivity contribution in [1.82, 2.24) is 0 Å². The lowest BCUT2D eigenvalue weighted by atomic mass is 9.93. The van der Waals surface area contributed by atoms with Crippen LogP contribution in [0.1, 0.15) is 18.9 Å². The third kappa shape index (κ3) is 3.50. The quantitative estimate of drug-likeness (QED) is 0.866. The molecule has 0 heterocycles. The lowest BCUT2D eigenvalue weighted by molar-refractivity contribution is 0.0408. The Kier molecular flexibility index (Phi) is 4.63. The van der Waals surface area contributed by atoms with E-state index in [1.165, 1.54) is 0 Å². The minimum Gasteiger partial charge on any atom is -0.456 e. The van der Waals surface area contributed by atoms with Crippen molar-refractivity contribution in [2.24, 2.45) is 0 Å². The molecule has 0 aromatic heterocycles.